The van der Waals surface area contributed by atoms with Crippen LogP contribution in [0.3, 0.4) is 0 Å². The molecule has 0 rings (SSSR count). The van der Waals surface area contributed by atoms with E-state index in [1.165, 1.54) is 0 Å². The van der Waals surface area contributed by atoms with Gasteiger partial charge >= 0.3 is 8.17 Å². The lowest BCUT2D eigenvalue weighted by Crippen LogP contribution is -2.49. The van der Waals surface area contributed by atoms with Gasteiger partial charge in [-0.15, -0.1) is 0 Å². The molecule has 0 bridgehead atoms. The summed E-state index contributed by atoms with van der Waals surface area (Å²) in [6.07, 6.45) is 9.51. The number of aliphatic hydroxyl groups excluding tert-OH is 3. The lowest BCUT2D eigenvalue weighted by atomic mass is 10.2. The maximum atomic E-state index is 14.0. The maximum absolute atomic E-state index is 14.0. The first-order chi connectivity index (χ1) is 27.7. The monoisotopic (exact) mass is 870 g/mol. The number of likely N-dealkylation sites (N-methyl/N-ethyl adjacent to an activating group) is 3. The molecular weight excluding hydrogens is 779 g/mol. The number of hydrogen-bond donors (Lipinski definition) is 6. The lowest BCUT2D eigenvalue weighted by Gasteiger charge is -2.34. The van der Waals surface area contributed by atoms with E-state index in [4.69, 9.17) is 13.6 Å². The number of carbonyl (C=O) groups is 3. The van der Waals surface area contributed by atoms with Crippen LogP contribution < -0.4 is 20.8 Å². The molecule has 3 atom stereocenters. The van der Waals surface area contributed by atoms with Gasteiger partial charge in [0.1, 0.15) is 57.8 Å². The summed E-state index contributed by atoms with van der Waals surface area (Å²) in [5.74, 6) is 0.139. The van der Waals surface area contributed by atoms with Gasteiger partial charge in [0, 0.05) is 58.2 Å². The molecule has 0 saturated carbocycles. The second kappa shape index (κ2) is 32.2. The SMILES string of the molecule is CCCCCC(=O)NCCC[N+](C)(C)CC(O)CO[P+]([O-])(OCC(O)C[N+](C)(C)CCCNC(=O)CCCCC)OCC(O)C[N+](C)(C)CCCNC(=O)CCCCC. The molecular formula is C42H90N6O10P+3. The van der Waals surface area contributed by atoms with Crippen molar-refractivity contribution in [2.75, 3.05) is 121 Å². The largest absolute Gasteiger partial charge is 0.606 e. The summed E-state index contributed by atoms with van der Waals surface area (Å²) in [4.78, 5) is 50.2. The molecule has 3 amide bonds. The number of hydrogen-bond acceptors (Lipinski definition) is 10. The van der Waals surface area contributed by atoms with Crippen molar-refractivity contribution in [3.05, 3.63) is 0 Å². The molecule has 0 radical (unpaired) electrons. The molecule has 16 nitrogen and oxygen atoms in total. The molecule has 0 aliphatic rings. The Labute approximate surface area is 359 Å². The van der Waals surface area contributed by atoms with Crippen LogP contribution >= 0.6 is 8.17 Å². The standard InChI is InChI=1S/C42H87N6O10P/c1-10-13-16-22-40(52)43-25-19-28-46(4,5)31-37(49)34-56-59(55,57-35-38(50)32-47(6,7)29-20-26-44-41(53)23-17-14-11-2)58-36-39(51)33-48(8,9)30-21-27-45-42(54)24-18-15-12-3/h37-39,49-51H,10-36H2,1-9H3/p+3. The summed E-state index contributed by atoms with van der Waals surface area (Å²) in [5, 5.41) is 41.7. The first kappa shape index (κ1) is 57.4. The van der Waals surface area contributed by atoms with Crippen LogP contribution in [0.1, 0.15) is 117 Å². The average Bonchev–Trinajstić information content (AvgIpc) is 3.14. The number of phosphoric acid groups is 1. The first-order valence-corrected chi connectivity index (χ1v) is 24.0. The van der Waals surface area contributed by atoms with Crippen molar-refractivity contribution in [1.82, 2.24) is 16.0 Å². The Balaban J connectivity index is 5.28. The summed E-state index contributed by atoms with van der Waals surface area (Å²) in [6, 6.07) is 0. The van der Waals surface area contributed by atoms with Gasteiger partial charge in [-0.05, 0) is 19.3 Å². The van der Waals surface area contributed by atoms with Gasteiger partial charge in [0.2, 0.25) is 17.7 Å². The Kier molecular flexibility index (Phi) is 31.3. The Bertz CT molecular complexity index is 989. The van der Waals surface area contributed by atoms with Gasteiger partial charge in [0.05, 0.1) is 61.9 Å². The zero-order chi connectivity index (χ0) is 44.8. The molecule has 0 saturated heterocycles. The van der Waals surface area contributed by atoms with E-state index in [1.807, 2.05) is 42.3 Å². The molecule has 0 spiro atoms. The normalized spacial score (nSPS) is 15.0. The van der Waals surface area contributed by atoms with Crippen molar-refractivity contribution in [2.24, 2.45) is 0 Å². The van der Waals surface area contributed by atoms with E-state index >= 15 is 0 Å². The van der Waals surface area contributed by atoms with Crippen LogP contribution in [-0.2, 0) is 28.0 Å². The molecule has 59 heavy (non-hydrogen) atoms. The van der Waals surface area contributed by atoms with Gasteiger partial charge in [0.15, 0.2) is 0 Å². The summed E-state index contributed by atoms with van der Waals surface area (Å²) in [7, 11) is 7.35. The predicted molar refractivity (Wildman–Crippen MR) is 234 cm³/mol. The zero-order valence-corrected chi connectivity index (χ0v) is 39.7. The second-order valence-corrected chi connectivity index (χ2v) is 20.0. The number of amides is 3. The molecule has 3 unspecified atom stereocenters. The van der Waals surface area contributed by atoms with E-state index in [0.717, 1.165) is 57.8 Å². The number of phosphoric ester groups is 1. The summed E-state index contributed by atoms with van der Waals surface area (Å²) in [6.45, 7) is 9.65. The third-order valence-corrected chi connectivity index (χ3v) is 11.6. The number of nitrogens with zero attached hydrogens (tertiary/aromatic N) is 3. The zero-order valence-electron chi connectivity index (χ0n) is 38.8. The molecule has 0 aliphatic carbocycles. The van der Waals surface area contributed by atoms with Crippen molar-refractivity contribution in [3.8, 4) is 0 Å². The van der Waals surface area contributed by atoms with E-state index in [-0.39, 0.29) is 57.2 Å². The summed E-state index contributed by atoms with van der Waals surface area (Å²) >= 11 is 0. The molecule has 0 heterocycles. The Morgan fingerprint density at radius 2 is 0.746 bits per heavy atom. The minimum absolute atomic E-state index is 0.0465. The molecule has 0 aromatic rings. The average molecular weight is 870 g/mol. The fraction of sp³-hybridized carbons (Fsp3) is 0.929. The summed E-state index contributed by atoms with van der Waals surface area (Å²) < 4.78 is 18.2. The van der Waals surface area contributed by atoms with Gasteiger partial charge in [0.25, 0.3) is 0 Å². The smallest absolute Gasteiger partial charge is 0.379 e. The summed E-state index contributed by atoms with van der Waals surface area (Å²) in [5.41, 5.74) is 0. The van der Waals surface area contributed by atoms with Crippen LogP contribution in [-0.4, -0.2) is 186 Å². The van der Waals surface area contributed by atoms with Gasteiger partial charge in [-0.1, -0.05) is 59.3 Å². The van der Waals surface area contributed by atoms with Gasteiger partial charge in [-0.3, -0.25) is 14.4 Å². The van der Waals surface area contributed by atoms with E-state index < -0.39 is 26.5 Å². The molecule has 0 aromatic heterocycles. The van der Waals surface area contributed by atoms with Crippen LogP contribution in [0.25, 0.3) is 0 Å². The highest BCUT2D eigenvalue weighted by atomic mass is 31.2. The predicted octanol–water partition coefficient (Wildman–Crippen LogP) is 2.65. The Morgan fingerprint density at radius 3 is 0.983 bits per heavy atom. The molecule has 0 aromatic carbocycles. The highest BCUT2D eigenvalue weighted by Crippen LogP contribution is 2.54. The number of aliphatic hydroxyl groups is 3. The maximum Gasteiger partial charge on any atom is 0.379 e. The molecule has 350 valence electrons. The number of rotatable bonds is 39. The van der Waals surface area contributed by atoms with Gasteiger partial charge < -0.3 is 49.6 Å². The number of quaternary nitrogens is 3. The van der Waals surface area contributed by atoms with Crippen molar-refractivity contribution in [2.45, 2.75) is 135 Å². The topological polar surface area (TPSA) is 199 Å². The van der Waals surface area contributed by atoms with Crippen molar-refractivity contribution in [3.63, 3.8) is 0 Å². The Morgan fingerprint density at radius 1 is 0.492 bits per heavy atom. The number of nitrogens with one attached hydrogen (secondary N) is 3. The van der Waals surface area contributed by atoms with E-state index in [9.17, 15) is 34.6 Å². The minimum Gasteiger partial charge on any atom is -0.606 e. The molecule has 0 fully saturated rings. The number of carbonyl (C=O) groups excluding carboxylic acids is 3. The highest BCUT2D eigenvalue weighted by molar-refractivity contribution is 7.53. The van der Waals surface area contributed by atoms with Crippen LogP contribution in [0.2, 0.25) is 0 Å². The van der Waals surface area contributed by atoms with Crippen LogP contribution in [0.15, 0.2) is 0 Å². The molecule has 17 heteroatoms. The third-order valence-electron chi connectivity index (χ3n) is 10.2. The second-order valence-electron chi connectivity index (χ2n) is 18.3. The van der Waals surface area contributed by atoms with Crippen LogP contribution in [0.4, 0.5) is 0 Å². The van der Waals surface area contributed by atoms with Crippen molar-refractivity contribution >= 4 is 25.9 Å². The number of unbranched alkanes of at least 4 members (excludes halogenated alkanes) is 6. The van der Waals surface area contributed by atoms with Gasteiger partial charge in [-0.2, -0.15) is 13.6 Å². The lowest BCUT2D eigenvalue weighted by molar-refractivity contribution is -0.893. The third kappa shape index (κ3) is 33.7. The van der Waals surface area contributed by atoms with E-state index in [0.29, 0.717) is 91.2 Å². The van der Waals surface area contributed by atoms with E-state index in [2.05, 4.69) is 36.7 Å². The van der Waals surface area contributed by atoms with Crippen LogP contribution in [0.5, 0.6) is 0 Å². The first-order valence-electron chi connectivity index (χ1n) is 22.5. The Hall–Kier alpha value is -1.56. The minimum atomic E-state index is -4.37. The molecule has 0 aliphatic heterocycles. The van der Waals surface area contributed by atoms with Gasteiger partial charge in [-0.25, -0.2) is 0 Å². The quantitative estimate of drug-likeness (QED) is 0.0304. The van der Waals surface area contributed by atoms with Crippen molar-refractivity contribution < 1.29 is 61.6 Å². The fourth-order valence-corrected chi connectivity index (χ4v) is 8.15. The van der Waals surface area contributed by atoms with E-state index in [1.54, 1.807) is 0 Å². The molecule has 6 N–H and O–H groups in total. The van der Waals surface area contributed by atoms with Crippen molar-refractivity contribution in [1.29, 1.82) is 0 Å². The fourth-order valence-electron chi connectivity index (χ4n) is 6.86. The van der Waals surface area contributed by atoms with Crippen LogP contribution in [0, 0.1) is 0 Å². The highest BCUT2D eigenvalue weighted by Gasteiger charge is 2.38.